The van der Waals surface area contributed by atoms with Crippen molar-refractivity contribution in [2.24, 2.45) is 5.92 Å². The lowest BCUT2D eigenvalue weighted by Gasteiger charge is -2.14. The molecule has 1 nitrogen and oxygen atoms in total. The summed E-state index contributed by atoms with van der Waals surface area (Å²) in [5, 5.41) is 4.10. The molecule has 0 aromatic heterocycles. The second-order valence-electron chi connectivity index (χ2n) is 4.12. The Hall–Kier alpha value is -0.530. The van der Waals surface area contributed by atoms with E-state index in [-0.39, 0.29) is 0 Å². The summed E-state index contributed by atoms with van der Waals surface area (Å²) in [5.74, 6) is 0.718. The number of hydrogen-bond donors (Lipinski definition) is 1. The van der Waals surface area contributed by atoms with Gasteiger partial charge >= 0.3 is 0 Å². The van der Waals surface area contributed by atoms with Crippen molar-refractivity contribution in [3.8, 4) is 0 Å². The number of rotatable bonds is 5. The molecule has 0 spiro atoms. The lowest BCUT2D eigenvalue weighted by Crippen LogP contribution is -2.20. The summed E-state index contributed by atoms with van der Waals surface area (Å²) < 4.78 is 0. The van der Waals surface area contributed by atoms with E-state index in [1.165, 1.54) is 17.5 Å². The van der Waals surface area contributed by atoms with Crippen molar-refractivity contribution in [3.63, 3.8) is 0 Å². The van der Waals surface area contributed by atoms with Crippen LogP contribution in [0.15, 0.2) is 18.2 Å². The normalized spacial score (nSPS) is 12.8. The first-order valence-corrected chi connectivity index (χ1v) is 5.94. The molecule has 1 aromatic carbocycles. The SMILES string of the molecule is CCC(CNC)Cc1ccc(Cl)c(C)c1. The van der Waals surface area contributed by atoms with Gasteiger partial charge in [0, 0.05) is 5.02 Å². The van der Waals surface area contributed by atoms with Crippen molar-refractivity contribution >= 4 is 11.6 Å². The van der Waals surface area contributed by atoms with E-state index in [1.807, 2.05) is 13.1 Å². The number of hydrogen-bond acceptors (Lipinski definition) is 1. The van der Waals surface area contributed by atoms with Crippen LogP contribution in [0.4, 0.5) is 0 Å². The van der Waals surface area contributed by atoms with Crippen molar-refractivity contribution in [2.75, 3.05) is 13.6 Å². The van der Waals surface area contributed by atoms with Gasteiger partial charge in [0.2, 0.25) is 0 Å². The Balaban J connectivity index is 2.66. The van der Waals surface area contributed by atoms with E-state index in [0.717, 1.165) is 23.9 Å². The fraction of sp³-hybridized carbons (Fsp3) is 0.538. The van der Waals surface area contributed by atoms with Crippen LogP contribution in [0.2, 0.25) is 5.02 Å². The van der Waals surface area contributed by atoms with Gasteiger partial charge in [0.25, 0.3) is 0 Å². The average Bonchev–Trinajstić information content (AvgIpc) is 2.23. The van der Waals surface area contributed by atoms with Gasteiger partial charge in [0.05, 0.1) is 0 Å². The first-order chi connectivity index (χ1) is 7.17. The van der Waals surface area contributed by atoms with Gasteiger partial charge in [0.1, 0.15) is 0 Å². The molecule has 1 atom stereocenters. The smallest absolute Gasteiger partial charge is 0.0435 e. The minimum atomic E-state index is 0.718. The molecule has 1 unspecified atom stereocenters. The van der Waals surface area contributed by atoms with E-state index in [1.54, 1.807) is 0 Å². The summed E-state index contributed by atoms with van der Waals surface area (Å²) in [7, 11) is 2.01. The van der Waals surface area contributed by atoms with Gasteiger partial charge in [-0.15, -0.1) is 0 Å². The van der Waals surface area contributed by atoms with Crippen molar-refractivity contribution in [3.05, 3.63) is 34.3 Å². The number of aryl methyl sites for hydroxylation is 1. The molecule has 1 rings (SSSR count). The largest absolute Gasteiger partial charge is 0.319 e. The lowest BCUT2D eigenvalue weighted by molar-refractivity contribution is 0.481. The first-order valence-electron chi connectivity index (χ1n) is 5.57. The molecule has 84 valence electrons. The summed E-state index contributed by atoms with van der Waals surface area (Å²) in [6.45, 7) is 5.38. The summed E-state index contributed by atoms with van der Waals surface area (Å²) in [4.78, 5) is 0. The molecule has 0 amide bonds. The van der Waals surface area contributed by atoms with Crippen LogP contribution in [0, 0.1) is 12.8 Å². The van der Waals surface area contributed by atoms with Gasteiger partial charge in [-0.2, -0.15) is 0 Å². The molecule has 0 aliphatic heterocycles. The summed E-state index contributed by atoms with van der Waals surface area (Å²) in [6.07, 6.45) is 2.35. The van der Waals surface area contributed by atoms with Gasteiger partial charge in [-0.05, 0) is 50.0 Å². The first kappa shape index (κ1) is 12.5. The third-order valence-electron chi connectivity index (χ3n) is 2.82. The van der Waals surface area contributed by atoms with Crippen LogP contribution in [-0.2, 0) is 6.42 Å². The fourth-order valence-electron chi connectivity index (χ4n) is 1.82. The molecule has 1 aromatic rings. The Morgan fingerprint density at radius 2 is 2.13 bits per heavy atom. The Bertz CT molecular complexity index is 309. The Morgan fingerprint density at radius 3 is 2.67 bits per heavy atom. The van der Waals surface area contributed by atoms with E-state index in [0.29, 0.717) is 0 Å². The average molecular weight is 226 g/mol. The highest BCUT2D eigenvalue weighted by Crippen LogP contribution is 2.19. The number of nitrogens with one attached hydrogen (secondary N) is 1. The zero-order valence-corrected chi connectivity index (χ0v) is 10.6. The highest BCUT2D eigenvalue weighted by atomic mass is 35.5. The van der Waals surface area contributed by atoms with Gasteiger partial charge in [-0.1, -0.05) is 37.1 Å². The van der Waals surface area contributed by atoms with Gasteiger partial charge in [-0.3, -0.25) is 0 Å². The third-order valence-corrected chi connectivity index (χ3v) is 3.24. The van der Waals surface area contributed by atoms with Crippen LogP contribution in [0.5, 0.6) is 0 Å². The monoisotopic (exact) mass is 225 g/mol. The van der Waals surface area contributed by atoms with Crippen LogP contribution in [0.25, 0.3) is 0 Å². The zero-order valence-electron chi connectivity index (χ0n) is 9.81. The molecular formula is C13H20ClN. The molecule has 0 aliphatic rings. The standard InChI is InChI=1S/C13H20ClN/c1-4-11(9-15-3)8-12-5-6-13(14)10(2)7-12/h5-7,11,15H,4,8-9H2,1-3H3. The van der Waals surface area contributed by atoms with E-state index in [9.17, 15) is 0 Å². The summed E-state index contributed by atoms with van der Waals surface area (Å²) in [6, 6.07) is 6.33. The molecule has 0 heterocycles. The molecule has 0 bridgehead atoms. The molecule has 0 aliphatic carbocycles. The molecule has 15 heavy (non-hydrogen) atoms. The quantitative estimate of drug-likeness (QED) is 0.810. The number of benzene rings is 1. The molecule has 0 fully saturated rings. The van der Waals surface area contributed by atoms with E-state index in [2.05, 4.69) is 31.3 Å². The lowest BCUT2D eigenvalue weighted by atomic mass is 9.96. The van der Waals surface area contributed by atoms with Crippen LogP contribution >= 0.6 is 11.6 Å². The molecule has 0 saturated heterocycles. The van der Waals surface area contributed by atoms with Crippen molar-refractivity contribution < 1.29 is 0 Å². The zero-order chi connectivity index (χ0) is 11.3. The minimum absolute atomic E-state index is 0.718. The van der Waals surface area contributed by atoms with E-state index < -0.39 is 0 Å². The second kappa shape index (κ2) is 6.14. The summed E-state index contributed by atoms with van der Waals surface area (Å²) in [5.41, 5.74) is 2.56. The van der Waals surface area contributed by atoms with Crippen molar-refractivity contribution in [1.82, 2.24) is 5.32 Å². The topological polar surface area (TPSA) is 12.0 Å². The van der Waals surface area contributed by atoms with Gasteiger partial charge in [-0.25, -0.2) is 0 Å². The van der Waals surface area contributed by atoms with Crippen LogP contribution < -0.4 is 5.32 Å². The Labute approximate surface area is 97.8 Å². The predicted molar refractivity (Wildman–Crippen MR) is 67.6 cm³/mol. The van der Waals surface area contributed by atoms with Crippen LogP contribution in [0.1, 0.15) is 24.5 Å². The maximum atomic E-state index is 6.00. The molecule has 0 saturated carbocycles. The molecular weight excluding hydrogens is 206 g/mol. The van der Waals surface area contributed by atoms with Crippen molar-refractivity contribution in [1.29, 1.82) is 0 Å². The van der Waals surface area contributed by atoms with E-state index >= 15 is 0 Å². The summed E-state index contributed by atoms with van der Waals surface area (Å²) >= 11 is 6.00. The highest BCUT2D eigenvalue weighted by molar-refractivity contribution is 6.31. The third kappa shape index (κ3) is 3.84. The maximum absolute atomic E-state index is 6.00. The predicted octanol–water partition coefficient (Wildman–Crippen LogP) is 3.44. The highest BCUT2D eigenvalue weighted by Gasteiger charge is 2.07. The Kier molecular flexibility index (Phi) is 5.13. The maximum Gasteiger partial charge on any atom is 0.0435 e. The van der Waals surface area contributed by atoms with Gasteiger partial charge < -0.3 is 5.32 Å². The van der Waals surface area contributed by atoms with E-state index in [4.69, 9.17) is 11.6 Å². The second-order valence-corrected chi connectivity index (χ2v) is 4.53. The van der Waals surface area contributed by atoms with Crippen LogP contribution in [0.3, 0.4) is 0 Å². The number of halogens is 1. The van der Waals surface area contributed by atoms with Crippen molar-refractivity contribution in [2.45, 2.75) is 26.7 Å². The minimum Gasteiger partial charge on any atom is -0.319 e. The Morgan fingerprint density at radius 1 is 1.40 bits per heavy atom. The van der Waals surface area contributed by atoms with Gasteiger partial charge in [0.15, 0.2) is 0 Å². The molecule has 2 heteroatoms. The molecule has 1 N–H and O–H groups in total. The molecule has 0 radical (unpaired) electrons. The van der Waals surface area contributed by atoms with Crippen LogP contribution in [-0.4, -0.2) is 13.6 Å². The fourth-order valence-corrected chi connectivity index (χ4v) is 1.93.